The number of rotatable bonds is 8. The molecule has 1 fully saturated rings. The number of ether oxygens (including phenoxy) is 3. The van der Waals surface area contributed by atoms with Gasteiger partial charge in [0.15, 0.2) is 11.5 Å². The van der Waals surface area contributed by atoms with Crippen molar-refractivity contribution in [2.24, 2.45) is 0 Å². The third-order valence-electron chi connectivity index (χ3n) is 5.10. The minimum atomic E-state index is -0.510. The highest BCUT2D eigenvalue weighted by Gasteiger charge is 2.32. The first-order valence-electron chi connectivity index (χ1n) is 9.55. The number of benzene rings is 2. The highest BCUT2D eigenvalue weighted by atomic mass is 16.5. The molecule has 2 aromatic rings. The molecule has 27 heavy (non-hydrogen) atoms. The maximum absolute atomic E-state index is 10.7. The maximum atomic E-state index is 10.7. The van der Waals surface area contributed by atoms with Crippen LogP contribution in [-0.2, 0) is 6.42 Å². The molecule has 0 bridgehead atoms. The van der Waals surface area contributed by atoms with E-state index in [4.69, 9.17) is 14.2 Å². The Labute approximate surface area is 161 Å². The van der Waals surface area contributed by atoms with E-state index < -0.39 is 6.10 Å². The summed E-state index contributed by atoms with van der Waals surface area (Å²) in [5.74, 6) is 2.29. The molecule has 1 saturated carbocycles. The molecule has 0 spiro atoms. The molecule has 0 aromatic heterocycles. The predicted octanol–water partition coefficient (Wildman–Crippen LogP) is 3.20. The van der Waals surface area contributed by atoms with Crippen molar-refractivity contribution in [3.63, 3.8) is 0 Å². The van der Waals surface area contributed by atoms with Gasteiger partial charge in [0.2, 0.25) is 0 Å². The Hall–Kier alpha value is -2.24. The van der Waals surface area contributed by atoms with Gasteiger partial charge in [0.05, 0.1) is 14.2 Å². The molecule has 5 nitrogen and oxygen atoms in total. The number of aliphatic hydroxyl groups is 1. The van der Waals surface area contributed by atoms with Gasteiger partial charge in [0.25, 0.3) is 0 Å². The molecule has 0 heterocycles. The van der Waals surface area contributed by atoms with Gasteiger partial charge in [0.1, 0.15) is 18.0 Å². The lowest BCUT2D eigenvalue weighted by Gasteiger charge is -2.35. The van der Waals surface area contributed by atoms with Crippen LogP contribution in [0.2, 0.25) is 0 Å². The van der Waals surface area contributed by atoms with Gasteiger partial charge in [-0.15, -0.1) is 0 Å². The van der Waals surface area contributed by atoms with Crippen LogP contribution in [0.15, 0.2) is 48.5 Å². The van der Waals surface area contributed by atoms with E-state index in [1.54, 1.807) is 14.2 Å². The van der Waals surface area contributed by atoms with E-state index in [0.717, 1.165) is 49.5 Å². The van der Waals surface area contributed by atoms with Gasteiger partial charge in [0, 0.05) is 6.04 Å². The van der Waals surface area contributed by atoms with Crippen LogP contribution in [0.25, 0.3) is 0 Å². The SMILES string of the molecule is COc1ccc(CCN[C@H]2CCC[C@@H](Oc3ccccc3)[C@@H]2O)cc1OC. The van der Waals surface area contributed by atoms with Gasteiger partial charge in [-0.05, 0) is 62.1 Å². The summed E-state index contributed by atoms with van der Waals surface area (Å²) in [5.41, 5.74) is 1.17. The lowest BCUT2D eigenvalue weighted by atomic mass is 9.89. The van der Waals surface area contributed by atoms with Gasteiger partial charge < -0.3 is 24.6 Å². The predicted molar refractivity (Wildman–Crippen MR) is 106 cm³/mol. The summed E-state index contributed by atoms with van der Waals surface area (Å²) in [4.78, 5) is 0. The number of aliphatic hydroxyl groups excluding tert-OH is 1. The summed E-state index contributed by atoms with van der Waals surface area (Å²) in [6.07, 6.45) is 3.06. The average molecular weight is 371 g/mol. The molecule has 0 amide bonds. The molecule has 146 valence electrons. The average Bonchev–Trinajstić information content (AvgIpc) is 2.71. The van der Waals surface area contributed by atoms with Crippen LogP contribution in [0.1, 0.15) is 24.8 Å². The minimum Gasteiger partial charge on any atom is -0.493 e. The maximum Gasteiger partial charge on any atom is 0.160 e. The number of nitrogens with one attached hydrogen (secondary N) is 1. The lowest BCUT2D eigenvalue weighted by molar-refractivity contribution is -0.0151. The van der Waals surface area contributed by atoms with E-state index in [1.807, 2.05) is 48.5 Å². The molecule has 3 atom stereocenters. The molecule has 3 rings (SSSR count). The van der Waals surface area contributed by atoms with Gasteiger partial charge in [-0.2, -0.15) is 0 Å². The first-order valence-corrected chi connectivity index (χ1v) is 9.55. The summed E-state index contributed by atoms with van der Waals surface area (Å²) in [7, 11) is 3.28. The molecule has 0 saturated heterocycles. The van der Waals surface area contributed by atoms with Crippen molar-refractivity contribution in [1.29, 1.82) is 0 Å². The second kappa shape index (κ2) is 9.62. The summed E-state index contributed by atoms with van der Waals surface area (Å²) >= 11 is 0. The van der Waals surface area contributed by atoms with Crippen LogP contribution in [-0.4, -0.2) is 44.1 Å². The van der Waals surface area contributed by atoms with E-state index in [-0.39, 0.29) is 12.1 Å². The number of methoxy groups -OCH3 is 2. The van der Waals surface area contributed by atoms with Crippen molar-refractivity contribution in [3.8, 4) is 17.2 Å². The Morgan fingerprint density at radius 3 is 2.52 bits per heavy atom. The Morgan fingerprint density at radius 1 is 1.00 bits per heavy atom. The Kier molecular flexibility index (Phi) is 6.96. The molecular formula is C22H29NO4. The van der Waals surface area contributed by atoms with Gasteiger partial charge in [-0.3, -0.25) is 0 Å². The van der Waals surface area contributed by atoms with E-state index in [0.29, 0.717) is 0 Å². The van der Waals surface area contributed by atoms with Gasteiger partial charge >= 0.3 is 0 Å². The molecule has 0 aliphatic heterocycles. The van der Waals surface area contributed by atoms with Gasteiger partial charge in [-0.1, -0.05) is 24.3 Å². The van der Waals surface area contributed by atoms with Crippen molar-refractivity contribution in [2.45, 2.75) is 43.9 Å². The molecule has 1 aliphatic rings. The standard InChI is InChI=1S/C22H29NO4/c1-25-19-12-11-16(15-21(19)26-2)13-14-23-18-9-6-10-20(22(18)24)27-17-7-4-3-5-8-17/h3-5,7-8,11-12,15,18,20,22-24H,6,9-10,13-14H2,1-2H3/t18-,20+,22+/m0/s1. The Balaban J connectivity index is 1.51. The zero-order chi connectivity index (χ0) is 19.1. The molecular weight excluding hydrogens is 342 g/mol. The number of para-hydroxylation sites is 1. The van der Waals surface area contributed by atoms with E-state index in [9.17, 15) is 5.11 Å². The Bertz CT molecular complexity index is 707. The summed E-state index contributed by atoms with van der Waals surface area (Å²) < 4.78 is 16.6. The van der Waals surface area contributed by atoms with Crippen molar-refractivity contribution in [1.82, 2.24) is 5.32 Å². The molecule has 1 aliphatic carbocycles. The fourth-order valence-corrected chi connectivity index (χ4v) is 3.60. The fourth-order valence-electron chi connectivity index (χ4n) is 3.60. The minimum absolute atomic E-state index is 0.0487. The lowest BCUT2D eigenvalue weighted by Crippen LogP contribution is -2.51. The van der Waals surface area contributed by atoms with Crippen LogP contribution in [0.3, 0.4) is 0 Å². The first-order chi connectivity index (χ1) is 13.2. The van der Waals surface area contributed by atoms with E-state index in [1.165, 1.54) is 5.56 Å². The molecule has 0 radical (unpaired) electrons. The topological polar surface area (TPSA) is 60.0 Å². The number of hydrogen-bond donors (Lipinski definition) is 2. The zero-order valence-electron chi connectivity index (χ0n) is 16.1. The first kappa shape index (κ1) is 19.5. The second-order valence-corrected chi connectivity index (χ2v) is 6.89. The van der Waals surface area contributed by atoms with Crippen LogP contribution in [0.4, 0.5) is 0 Å². The summed E-state index contributed by atoms with van der Waals surface area (Å²) in [5, 5.41) is 14.2. The largest absolute Gasteiger partial charge is 0.493 e. The normalized spacial score (nSPS) is 22.3. The molecule has 5 heteroatoms. The summed E-state index contributed by atoms with van der Waals surface area (Å²) in [6.45, 7) is 0.787. The molecule has 2 N–H and O–H groups in total. The van der Waals surface area contributed by atoms with Crippen molar-refractivity contribution in [3.05, 3.63) is 54.1 Å². The van der Waals surface area contributed by atoms with Crippen molar-refractivity contribution >= 4 is 0 Å². The van der Waals surface area contributed by atoms with Crippen molar-refractivity contribution in [2.75, 3.05) is 20.8 Å². The smallest absolute Gasteiger partial charge is 0.160 e. The molecule has 2 aromatic carbocycles. The highest BCUT2D eigenvalue weighted by molar-refractivity contribution is 5.42. The fraction of sp³-hybridized carbons (Fsp3) is 0.455. The highest BCUT2D eigenvalue weighted by Crippen LogP contribution is 2.28. The number of hydrogen-bond acceptors (Lipinski definition) is 5. The third-order valence-corrected chi connectivity index (χ3v) is 5.10. The summed E-state index contributed by atoms with van der Waals surface area (Å²) in [6, 6.07) is 15.7. The van der Waals surface area contributed by atoms with Crippen LogP contribution in [0.5, 0.6) is 17.2 Å². The quantitative estimate of drug-likeness (QED) is 0.746. The molecule has 0 unspecified atom stereocenters. The van der Waals surface area contributed by atoms with Crippen LogP contribution >= 0.6 is 0 Å². The van der Waals surface area contributed by atoms with E-state index in [2.05, 4.69) is 5.32 Å². The van der Waals surface area contributed by atoms with Crippen LogP contribution in [0, 0.1) is 0 Å². The van der Waals surface area contributed by atoms with E-state index >= 15 is 0 Å². The second-order valence-electron chi connectivity index (χ2n) is 6.89. The van der Waals surface area contributed by atoms with Crippen molar-refractivity contribution < 1.29 is 19.3 Å². The zero-order valence-corrected chi connectivity index (χ0v) is 16.1. The van der Waals surface area contributed by atoms with Crippen LogP contribution < -0.4 is 19.5 Å². The monoisotopic (exact) mass is 371 g/mol. The Morgan fingerprint density at radius 2 is 1.78 bits per heavy atom. The third kappa shape index (κ3) is 5.15. The van der Waals surface area contributed by atoms with Gasteiger partial charge in [-0.25, -0.2) is 0 Å².